The number of hydrogen-bond donors (Lipinski definition) is 3. The van der Waals surface area contributed by atoms with E-state index in [1.807, 2.05) is 0 Å². The Hall–Kier alpha value is -1.02. The normalized spacial score (nSPS) is 25.9. The van der Waals surface area contributed by atoms with Crippen molar-refractivity contribution in [1.82, 2.24) is 0 Å². The number of rotatable bonds is 22. The van der Waals surface area contributed by atoms with Gasteiger partial charge in [-0.1, -0.05) is 71.1 Å². The van der Waals surface area contributed by atoms with E-state index in [1.165, 1.54) is 39.0 Å². The number of hydrogen-bond acceptors (Lipinski definition) is 7. The van der Waals surface area contributed by atoms with Crippen molar-refractivity contribution in [1.29, 1.82) is 0 Å². The number of cyclic esters (lactones) is 1. The first-order chi connectivity index (χ1) is 18.3. The van der Waals surface area contributed by atoms with Gasteiger partial charge < -0.3 is 29.6 Å². The zero-order chi connectivity index (χ0) is 27.8. The van der Waals surface area contributed by atoms with Crippen LogP contribution >= 0.6 is 0 Å². The molecule has 38 heavy (non-hydrogen) atoms. The summed E-state index contributed by atoms with van der Waals surface area (Å²) in [6.45, 7) is 3.73. The highest BCUT2D eigenvalue weighted by Crippen LogP contribution is 2.29. The molecule has 0 amide bonds. The lowest BCUT2D eigenvalue weighted by atomic mass is 9.96. The van der Waals surface area contributed by atoms with Crippen molar-refractivity contribution in [2.24, 2.45) is 5.92 Å². The number of aliphatic hydroxyl groups excluding tert-OH is 3. The summed E-state index contributed by atoms with van der Waals surface area (Å²) >= 11 is 0. The average molecular weight is 541 g/mol. The molecule has 2 heterocycles. The van der Waals surface area contributed by atoms with Crippen molar-refractivity contribution in [2.75, 3.05) is 0 Å². The molecule has 7 heteroatoms. The van der Waals surface area contributed by atoms with E-state index in [4.69, 9.17) is 9.47 Å². The first-order valence-electron chi connectivity index (χ1n) is 15.7. The van der Waals surface area contributed by atoms with Gasteiger partial charge in [-0.3, -0.25) is 4.79 Å². The van der Waals surface area contributed by atoms with Crippen LogP contribution in [-0.2, 0) is 19.1 Å². The Labute approximate surface area is 231 Å². The molecule has 7 atom stereocenters. The molecule has 2 aliphatic heterocycles. The molecule has 0 bridgehead atoms. The topological polar surface area (TPSA) is 113 Å². The van der Waals surface area contributed by atoms with Crippen LogP contribution in [0.4, 0.5) is 0 Å². The third kappa shape index (κ3) is 13.4. The molecule has 2 fully saturated rings. The highest BCUT2D eigenvalue weighted by Gasteiger charge is 2.35. The number of ether oxygens (including phenoxy) is 2. The zero-order valence-corrected chi connectivity index (χ0v) is 24.2. The number of unbranched alkanes of at least 4 members (excludes halogenated alkanes) is 8. The van der Waals surface area contributed by atoms with Crippen LogP contribution in [0.1, 0.15) is 142 Å². The molecule has 1 unspecified atom stereocenters. The van der Waals surface area contributed by atoms with Crippen LogP contribution in [0.2, 0.25) is 0 Å². The Morgan fingerprint density at radius 2 is 1.34 bits per heavy atom. The predicted octanol–water partition coefficient (Wildman–Crippen LogP) is 5.79. The summed E-state index contributed by atoms with van der Waals surface area (Å²) in [5.41, 5.74) is 0. The van der Waals surface area contributed by atoms with E-state index >= 15 is 0 Å². The van der Waals surface area contributed by atoms with Gasteiger partial charge >= 0.3 is 5.97 Å². The minimum absolute atomic E-state index is 0.0275. The summed E-state index contributed by atoms with van der Waals surface area (Å²) in [5.74, 6) is -0.486. The smallest absolute Gasteiger partial charge is 0.309 e. The van der Waals surface area contributed by atoms with Gasteiger partial charge in [0.1, 0.15) is 11.9 Å². The first-order valence-corrected chi connectivity index (χ1v) is 15.7. The Kier molecular flexibility index (Phi) is 16.7. The highest BCUT2D eigenvalue weighted by molar-refractivity contribution is 5.83. The largest absolute Gasteiger partial charge is 0.462 e. The van der Waals surface area contributed by atoms with Crippen molar-refractivity contribution < 1.29 is 34.4 Å². The van der Waals surface area contributed by atoms with E-state index in [9.17, 15) is 24.9 Å². The minimum atomic E-state index is -0.481. The third-order valence-electron chi connectivity index (χ3n) is 8.35. The fraction of sp³-hybridized carbons (Fsp3) is 0.935. The summed E-state index contributed by atoms with van der Waals surface area (Å²) in [5, 5.41) is 31.3. The second-order valence-electron chi connectivity index (χ2n) is 12.0. The van der Waals surface area contributed by atoms with Gasteiger partial charge in [0.25, 0.3) is 0 Å². The van der Waals surface area contributed by atoms with E-state index in [2.05, 4.69) is 6.92 Å². The van der Waals surface area contributed by atoms with Crippen LogP contribution in [0.5, 0.6) is 0 Å². The van der Waals surface area contributed by atoms with E-state index in [1.54, 1.807) is 0 Å². The molecule has 0 aliphatic carbocycles. The predicted molar refractivity (Wildman–Crippen MR) is 149 cm³/mol. The van der Waals surface area contributed by atoms with Gasteiger partial charge in [0.15, 0.2) is 0 Å². The van der Waals surface area contributed by atoms with Crippen LogP contribution in [0.3, 0.4) is 0 Å². The molecule has 0 aromatic rings. The molecule has 3 N–H and O–H groups in total. The Morgan fingerprint density at radius 3 is 1.95 bits per heavy atom. The molecule has 2 aliphatic rings. The molecule has 222 valence electrons. The standard InChI is InChI=1S/C31H56O7/c1-3-4-5-6-7-10-17-27(34)29-19-20-30(38-29)28(35)18-11-8-9-14-25(33)15-12-13-16-26-22-24(21-23(2)32)31(36)37-26/h24-30,33-35H,3-22H2,1-2H3/t24?,25-,26+,27-,28-,29-,30-/m1/s1. The van der Waals surface area contributed by atoms with E-state index in [0.29, 0.717) is 12.8 Å². The fourth-order valence-corrected chi connectivity index (χ4v) is 5.98. The average Bonchev–Trinajstić information content (AvgIpc) is 3.50. The number of aliphatic hydroxyl groups is 3. The van der Waals surface area contributed by atoms with Crippen LogP contribution in [0.25, 0.3) is 0 Å². The molecule has 0 aromatic carbocycles. The molecular formula is C31H56O7. The second kappa shape index (κ2) is 19.1. The Morgan fingerprint density at radius 1 is 0.816 bits per heavy atom. The molecule has 0 aromatic heterocycles. The molecule has 0 saturated carbocycles. The lowest BCUT2D eigenvalue weighted by Crippen LogP contribution is -2.31. The molecule has 0 radical (unpaired) electrons. The van der Waals surface area contributed by atoms with Gasteiger partial charge in [-0.05, 0) is 64.7 Å². The second-order valence-corrected chi connectivity index (χ2v) is 12.0. The molecule has 0 spiro atoms. The van der Waals surface area contributed by atoms with Crippen LogP contribution in [0, 0.1) is 5.92 Å². The maximum Gasteiger partial charge on any atom is 0.309 e. The van der Waals surface area contributed by atoms with E-state index in [-0.39, 0.29) is 48.5 Å². The van der Waals surface area contributed by atoms with Crippen molar-refractivity contribution in [2.45, 2.75) is 179 Å². The van der Waals surface area contributed by atoms with Gasteiger partial charge in [0.2, 0.25) is 0 Å². The van der Waals surface area contributed by atoms with Crippen molar-refractivity contribution in [3.63, 3.8) is 0 Å². The van der Waals surface area contributed by atoms with Gasteiger partial charge in [-0.25, -0.2) is 0 Å². The van der Waals surface area contributed by atoms with Gasteiger partial charge in [0.05, 0.1) is 36.4 Å². The van der Waals surface area contributed by atoms with Gasteiger partial charge in [-0.15, -0.1) is 0 Å². The fourth-order valence-electron chi connectivity index (χ4n) is 5.98. The summed E-state index contributed by atoms with van der Waals surface area (Å²) in [6.07, 6.45) is 16.7. The molecule has 2 rings (SSSR count). The van der Waals surface area contributed by atoms with Crippen LogP contribution in [0.15, 0.2) is 0 Å². The maximum absolute atomic E-state index is 11.8. The Balaban J connectivity index is 1.44. The number of esters is 1. The molecule has 2 saturated heterocycles. The van der Waals surface area contributed by atoms with Crippen LogP contribution in [-0.4, -0.2) is 63.7 Å². The lowest BCUT2D eigenvalue weighted by Gasteiger charge is -2.22. The quantitative estimate of drug-likeness (QED) is 0.118. The highest BCUT2D eigenvalue weighted by atomic mass is 16.6. The van der Waals surface area contributed by atoms with Crippen molar-refractivity contribution in [3.05, 3.63) is 0 Å². The van der Waals surface area contributed by atoms with Crippen molar-refractivity contribution in [3.8, 4) is 0 Å². The van der Waals surface area contributed by atoms with Gasteiger partial charge in [-0.2, -0.15) is 0 Å². The summed E-state index contributed by atoms with van der Waals surface area (Å²) in [4.78, 5) is 23.1. The zero-order valence-electron chi connectivity index (χ0n) is 24.2. The number of Topliss-reactive ketones (excluding diaryl/α,β-unsaturated/α-hetero) is 1. The minimum Gasteiger partial charge on any atom is -0.462 e. The summed E-state index contributed by atoms with van der Waals surface area (Å²) < 4.78 is 11.4. The maximum atomic E-state index is 11.8. The third-order valence-corrected chi connectivity index (χ3v) is 8.35. The van der Waals surface area contributed by atoms with Crippen LogP contribution < -0.4 is 0 Å². The number of ketones is 1. The number of carbonyl (C=O) groups is 2. The summed E-state index contributed by atoms with van der Waals surface area (Å²) in [6, 6.07) is 0. The Bertz CT molecular complexity index is 654. The number of carbonyl (C=O) groups excluding carboxylic acids is 2. The van der Waals surface area contributed by atoms with E-state index in [0.717, 1.165) is 77.0 Å². The SMILES string of the molecule is CCCCCCCC[C@@H](O)[C@H]1CC[C@H]([C@H](O)CCCCC[C@@H](O)CCCC[C@H]2CC(CC(C)=O)C(=O)O2)O1. The van der Waals surface area contributed by atoms with Gasteiger partial charge in [0, 0.05) is 6.42 Å². The monoisotopic (exact) mass is 540 g/mol. The van der Waals surface area contributed by atoms with Crippen molar-refractivity contribution >= 4 is 11.8 Å². The van der Waals surface area contributed by atoms with E-state index < -0.39 is 12.2 Å². The molecular weight excluding hydrogens is 484 g/mol. The first kappa shape index (κ1) is 33.2. The lowest BCUT2D eigenvalue weighted by molar-refractivity contribution is -0.145. The summed E-state index contributed by atoms with van der Waals surface area (Å²) in [7, 11) is 0. The molecule has 7 nitrogen and oxygen atoms in total.